The van der Waals surface area contributed by atoms with E-state index in [1.807, 2.05) is 7.05 Å². The highest BCUT2D eigenvalue weighted by Gasteiger charge is 2.32. The van der Waals surface area contributed by atoms with Gasteiger partial charge in [0, 0.05) is 32.7 Å². The van der Waals surface area contributed by atoms with Crippen molar-refractivity contribution in [3.63, 3.8) is 0 Å². The first-order chi connectivity index (χ1) is 10.2. The molecule has 3 aliphatic rings. The summed E-state index contributed by atoms with van der Waals surface area (Å²) in [7, 11) is 1.93. The van der Waals surface area contributed by atoms with Crippen molar-refractivity contribution in [1.29, 1.82) is 0 Å². The molecule has 1 N–H and O–H groups in total. The van der Waals surface area contributed by atoms with Gasteiger partial charge in [0.25, 0.3) is 0 Å². The van der Waals surface area contributed by atoms with Crippen molar-refractivity contribution in [1.82, 2.24) is 15.1 Å². The van der Waals surface area contributed by atoms with E-state index in [0.29, 0.717) is 5.41 Å². The van der Waals surface area contributed by atoms with Gasteiger partial charge in [0.2, 0.25) is 0 Å². The summed E-state index contributed by atoms with van der Waals surface area (Å²) in [6.07, 6.45) is 9.62. The Morgan fingerprint density at radius 2 is 1.86 bits per heavy atom. The van der Waals surface area contributed by atoms with E-state index in [9.17, 15) is 0 Å². The molecule has 21 heavy (non-hydrogen) atoms. The highest BCUT2D eigenvalue weighted by Crippen LogP contribution is 2.36. The van der Waals surface area contributed by atoms with Crippen LogP contribution in [0.15, 0.2) is 4.99 Å². The van der Waals surface area contributed by atoms with E-state index in [-0.39, 0.29) is 0 Å². The summed E-state index contributed by atoms with van der Waals surface area (Å²) in [6, 6.07) is 0.758. The molecule has 0 spiro atoms. The molecule has 0 amide bonds. The Bertz CT molecular complexity index is 367. The summed E-state index contributed by atoms with van der Waals surface area (Å²) in [6.45, 7) is 8.46. The van der Waals surface area contributed by atoms with Crippen molar-refractivity contribution < 1.29 is 0 Å². The first-order valence-electron chi connectivity index (χ1n) is 8.90. The molecule has 4 heteroatoms. The Balaban J connectivity index is 1.50. The van der Waals surface area contributed by atoms with E-state index >= 15 is 0 Å². The average molecular weight is 292 g/mol. The number of nitrogens with zero attached hydrogens (tertiary/aromatic N) is 3. The van der Waals surface area contributed by atoms with Gasteiger partial charge in [-0.1, -0.05) is 19.8 Å². The van der Waals surface area contributed by atoms with E-state index < -0.39 is 0 Å². The molecule has 3 fully saturated rings. The summed E-state index contributed by atoms with van der Waals surface area (Å²) < 4.78 is 0. The molecule has 0 radical (unpaired) electrons. The van der Waals surface area contributed by atoms with Gasteiger partial charge in [0.05, 0.1) is 0 Å². The van der Waals surface area contributed by atoms with Crippen molar-refractivity contribution in [2.75, 3.05) is 39.8 Å². The Kier molecular flexibility index (Phi) is 4.72. The molecule has 1 unspecified atom stereocenters. The summed E-state index contributed by atoms with van der Waals surface area (Å²) in [5, 5.41) is 3.66. The van der Waals surface area contributed by atoms with E-state index in [0.717, 1.165) is 31.6 Å². The molecule has 120 valence electrons. The smallest absolute Gasteiger partial charge is 0.193 e. The third-order valence-corrected chi connectivity index (χ3v) is 5.82. The molecule has 1 atom stereocenters. The number of aliphatic imine (C=N–C) groups is 1. The maximum absolute atomic E-state index is 4.54. The second-order valence-electron chi connectivity index (χ2n) is 7.55. The monoisotopic (exact) mass is 292 g/mol. The molecular weight excluding hydrogens is 260 g/mol. The number of rotatable bonds is 3. The van der Waals surface area contributed by atoms with Crippen LogP contribution in [0.2, 0.25) is 0 Å². The largest absolute Gasteiger partial charge is 0.356 e. The van der Waals surface area contributed by atoms with Gasteiger partial charge in [-0.15, -0.1) is 0 Å². The SMILES string of the molecule is CN=C(NCC1(C)CCCC1)N1CCC(N2CCCC2)C1. The van der Waals surface area contributed by atoms with Crippen LogP contribution in [0, 0.1) is 5.41 Å². The van der Waals surface area contributed by atoms with Crippen LogP contribution in [-0.2, 0) is 0 Å². The fourth-order valence-electron chi connectivity index (χ4n) is 4.37. The minimum absolute atomic E-state index is 0.490. The molecule has 0 bridgehead atoms. The van der Waals surface area contributed by atoms with Gasteiger partial charge in [-0.3, -0.25) is 9.89 Å². The van der Waals surface area contributed by atoms with E-state index in [2.05, 4.69) is 27.0 Å². The molecule has 2 heterocycles. The second-order valence-corrected chi connectivity index (χ2v) is 7.55. The highest BCUT2D eigenvalue weighted by atomic mass is 15.3. The summed E-state index contributed by atoms with van der Waals surface area (Å²) in [4.78, 5) is 9.70. The Morgan fingerprint density at radius 1 is 1.14 bits per heavy atom. The second kappa shape index (κ2) is 6.55. The average Bonchev–Trinajstić information content (AvgIpc) is 3.20. The molecule has 0 aromatic carbocycles. The van der Waals surface area contributed by atoms with Gasteiger partial charge >= 0.3 is 0 Å². The van der Waals surface area contributed by atoms with E-state index in [1.165, 1.54) is 58.0 Å². The predicted molar refractivity (Wildman–Crippen MR) is 88.7 cm³/mol. The lowest BCUT2D eigenvalue weighted by molar-refractivity contribution is 0.248. The lowest BCUT2D eigenvalue weighted by atomic mass is 9.89. The third-order valence-electron chi connectivity index (χ3n) is 5.82. The van der Waals surface area contributed by atoms with E-state index in [1.54, 1.807) is 0 Å². The van der Waals surface area contributed by atoms with Gasteiger partial charge in [-0.2, -0.15) is 0 Å². The zero-order chi connectivity index (χ0) is 14.7. The standard InChI is InChI=1S/C17H32N4/c1-17(8-3-4-9-17)14-19-16(18-2)21-12-7-15(13-21)20-10-5-6-11-20/h15H,3-14H2,1-2H3,(H,18,19). The van der Waals surface area contributed by atoms with Crippen LogP contribution in [0.4, 0.5) is 0 Å². The minimum Gasteiger partial charge on any atom is -0.356 e. The van der Waals surface area contributed by atoms with Crippen molar-refractivity contribution in [2.45, 2.75) is 57.9 Å². The Morgan fingerprint density at radius 3 is 2.52 bits per heavy atom. The van der Waals surface area contributed by atoms with Crippen LogP contribution >= 0.6 is 0 Å². The third kappa shape index (κ3) is 3.53. The number of hydrogen-bond donors (Lipinski definition) is 1. The van der Waals surface area contributed by atoms with Gasteiger partial charge in [-0.25, -0.2) is 0 Å². The Labute approximate surface area is 130 Å². The molecule has 2 aliphatic heterocycles. The molecule has 1 aliphatic carbocycles. The molecule has 2 saturated heterocycles. The lowest BCUT2D eigenvalue weighted by Gasteiger charge is -2.29. The van der Waals surface area contributed by atoms with Crippen LogP contribution in [-0.4, -0.2) is 61.6 Å². The van der Waals surface area contributed by atoms with Crippen LogP contribution < -0.4 is 5.32 Å². The van der Waals surface area contributed by atoms with Gasteiger partial charge < -0.3 is 10.2 Å². The molecule has 0 aromatic rings. The van der Waals surface area contributed by atoms with Crippen molar-refractivity contribution in [3.8, 4) is 0 Å². The maximum atomic E-state index is 4.54. The van der Waals surface area contributed by atoms with Crippen LogP contribution in [0.1, 0.15) is 51.9 Å². The zero-order valence-electron chi connectivity index (χ0n) is 13.9. The molecular formula is C17H32N4. The summed E-state index contributed by atoms with van der Waals surface area (Å²) in [5.41, 5.74) is 0.490. The normalized spacial score (nSPS) is 30.3. The highest BCUT2D eigenvalue weighted by molar-refractivity contribution is 5.80. The minimum atomic E-state index is 0.490. The van der Waals surface area contributed by atoms with Crippen molar-refractivity contribution in [3.05, 3.63) is 0 Å². The van der Waals surface area contributed by atoms with Crippen LogP contribution in [0.25, 0.3) is 0 Å². The molecule has 0 aromatic heterocycles. The first kappa shape index (κ1) is 15.1. The topological polar surface area (TPSA) is 30.9 Å². The van der Waals surface area contributed by atoms with Gasteiger partial charge in [0.1, 0.15) is 0 Å². The van der Waals surface area contributed by atoms with Crippen LogP contribution in [0.5, 0.6) is 0 Å². The predicted octanol–water partition coefficient (Wildman–Crippen LogP) is 2.31. The summed E-state index contributed by atoms with van der Waals surface area (Å²) in [5.74, 6) is 1.13. The fourth-order valence-corrected chi connectivity index (χ4v) is 4.37. The summed E-state index contributed by atoms with van der Waals surface area (Å²) >= 11 is 0. The molecule has 4 nitrogen and oxygen atoms in total. The quantitative estimate of drug-likeness (QED) is 0.640. The van der Waals surface area contributed by atoms with Crippen LogP contribution in [0.3, 0.4) is 0 Å². The maximum Gasteiger partial charge on any atom is 0.193 e. The number of nitrogens with one attached hydrogen (secondary N) is 1. The number of hydrogen-bond acceptors (Lipinski definition) is 2. The molecule has 3 rings (SSSR count). The van der Waals surface area contributed by atoms with Crippen molar-refractivity contribution in [2.24, 2.45) is 10.4 Å². The van der Waals surface area contributed by atoms with Gasteiger partial charge in [0.15, 0.2) is 5.96 Å². The fraction of sp³-hybridized carbons (Fsp3) is 0.941. The van der Waals surface area contributed by atoms with Crippen molar-refractivity contribution >= 4 is 5.96 Å². The Hall–Kier alpha value is -0.770. The lowest BCUT2D eigenvalue weighted by Crippen LogP contribution is -2.45. The molecule has 1 saturated carbocycles. The number of guanidine groups is 1. The van der Waals surface area contributed by atoms with Gasteiger partial charge in [-0.05, 0) is 50.6 Å². The number of likely N-dealkylation sites (tertiary alicyclic amines) is 2. The zero-order valence-corrected chi connectivity index (χ0v) is 13.9. The first-order valence-corrected chi connectivity index (χ1v) is 8.90. The van der Waals surface area contributed by atoms with E-state index in [4.69, 9.17) is 0 Å².